The second-order valence-corrected chi connectivity index (χ2v) is 9.22. The molecule has 0 aliphatic heterocycles. The van der Waals surface area contributed by atoms with E-state index in [1.54, 1.807) is 30.3 Å². The number of aromatic nitrogens is 1. The second kappa shape index (κ2) is 10.6. The number of esters is 1. The van der Waals surface area contributed by atoms with Gasteiger partial charge >= 0.3 is 5.97 Å². The maximum Gasteiger partial charge on any atom is 0.356 e. The topological polar surface area (TPSA) is 102 Å². The molecular formula is C24H27NO8S. The average Bonchev–Trinajstić information content (AvgIpc) is 3.28. The van der Waals surface area contributed by atoms with E-state index in [-0.39, 0.29) is 29.0 Å². The molecule has 9 nitrogen and oxygen atoms in total. The highest BCUT2D eigenvalue weighted by molar-refractivity contribution is 7.90. The molecule has 10 heteroatoms. The van der Waals surface area contributed by atoms with Crippen LogP contribution in [0.25, 0.3) is 11.1 Å². The van der Waals surface area contributed by atoms with Crippen LogP contribution in [-0.2, 0) is 19.5 Å². The predicted molar refractivity (Wildman–Crippen MR) is 125 cm³/mol. The molecule has 0 saturated carbocycles. The number of methoxy groups -OCH3 is 3. The molecule has 0 atom stereocenters. The van der Waals surface area contributed by atoms with E-state index in [4.69, 9.17) is 23.7 Å². The predicted octanol–water partition coefficient (Wildman–Crippen LogP) is 3.96. The van der Waals surface area contributed by atoms with E-state index in [9.17, 15) is 13.2 Å². The van der Waals surface area contributed by atoms with Gasteiger partial charge in [-0.3, -0.25) is 0 Å². The van der Waals surface area contributed by atoms with Gasteiger partial charge in [-0.2, -0.15) is 0 Å². The first-order chi connectivity index (χ1) is 16.2. The molecule has 0 unspecified atom stereocenters. The summed E-state index contributed by atoms with van der Waals surface area (Å²) in [5.41, 5.74) is 0.479. The lowest BCUT2D eigenvalue weighted by atomic mass is 10.0. The van der Waals surface area contributed by atoms with Gasteiger partial charge in [0.15, 0.2) is 18.3 Å². The molecule has 0 saturated heterocycles. The van der Waals surface area contributed by atoms with Gasteiger partial charge in [-0.25, -0.2) is 17.2 Å². The van der Waals surface area contributed by atoms with Crippen LogP contribution in [0.1, 0.15) is 24.3 Å². The van der Waals surface area contributed by atoms with Crippen LogP contribution in [0.5, 0.6) is 17.2 Å². The number of carbonyl (C=O) groups is 1. The highest BCUT2D eigenvalue weighted by atomic mass is 32.2. The number of carbonyl (C=O) groups excluding carboxylic acids is 1. The smallest absolute Gasteiger partial charge is 0.356 e. The lowest BCUT2D eigenvalue weighted by molar-refractivity contribution is 0.0512. The average molecular weight is 490 g/mol. The van der Waals surface area contributed by atoms with Crippen molar-refractivity contribution in [1.82, 2.24) is 3.97 Å². The van der Waals surface area contributed by atoms with E-state index in [1.807, 2.05) is 13.8 Å². The van der Waals surface area contributed by atoms with Crippen LogP contribution in [0.15, 0.2) is 59.6 Å². The van der Waals surface area contributed by atoms with Crippen molar-refractivity contribution >= 4 is 16.0 Å². The van der Waals surface area contributed by atoms with E-state index in [1.165, 1.54) is 45.7 Å². The van der Waals surface area contributed by atoms with Crippen molar-refractivity contribution in [3.63, 3.8) is 0 Å². The standard InChI is InChI=1S/C24H27NO8S/c1-16(2)33-22-14-20(32-15-29-3)19(13-21(22)30-4)18-11-12-25(23(18)24(26)31-5)34(27,28)17-9-7-6-8-10-17/h6-14,16H,15H2,1-5H3. The zero-order chi connectivity index (χ0) is 24.9. The molecule has 0 spiro atoms. The Balaban J connectivity index is 2.28. The summed E-state index contributed by atoms with van der Waals surface area (Å²) in [6.45, 7) is 3.65. The Labute approximate surface area is 198 Å². The molecule has 0 fully saturated rings. The molecule has 0 bridgehead atoms. The molecule has 3 aromatic rings. The third kappa shape index (κ3) is 5.02. The number of nitrogens with zero attached hydrogens (tertiary/aromatic N) is 1. The summed E-state index contributed by atoms with van der Waals surface area (Å²) < 4.78 is 54.6. The van der Waals surface area contributed by atoms with Gasteiger partial charge in [0, 0.05) is 30.5 Å². The second-order valence-electron chi connectivity index (χ2n) is 7.40. The lowest BCUT2D eigenvalue weighted by Crippen LogP contribution is -2.19. The van der Waals surface area contributed by atoms with Crippen molar-refractivity contribution in [2.45, 2.75) is 24.8 Å². The van der Waals surface area contributed by atoms with Gasteiger partial charge in [0.25, 0.3) is 10.0 Å². The summed E-state index contributed by atoms with van der Waals surface area (Å²) >= 11 is 0. The number of rotatable bonds is 10. The molecule has 0 amide bonds. The van der Waals surface area contributed by atoms with Crippen molar-refractivity contribution < 1.29 is 36.9 Å². The molecule has 182 valence electrons. The van der Waals surface area contributed by atoms with E-state index < -0.39 is 16.0 Å². The number of hydrogen-bond donors (Lipinski definition) is 0. The van der Waals surface area contributed by atoms with Crippen LogP contribution in [0.4, 0.5) is 0 Å². The van der Waals surface area contributed by atoms with Gasteiger partial charge in [0.1, 0.15) is 11.4 Å². The SMILES string of the molecule is COCOc1cc(OC(C)C)c(OC)cc1-c1ccn(S(=O)(=O)c2ccccc2)c1C(=O)OC. The third-order valence-corrected chi connectivity index (χ3v) is 6.47. The Morgan fingerprint density at radius 3 is 2.24 bits per heavy atom. The van der Waals surface area contributed by atoms with Crippen LogP contribution < -0.4 is 14.2 Å². The zero-order valence-electron chi connectivity index (χ0n) is 19.6. The summed E-state index contributed by atoms with van der Waals surface area (Å²) in [4.78, 5) is 12.9. The Hall–Kier alpha value is -3.50. The van der Waals surface area contributed by atoms with Crippen LogP contribution >= 0.6 is 0 Å². The van der Waals surface area contributed by atoms with E-state index >= 15 is 0 Å². The first-order valence-electron chi connectivity index (χ1n) is 10.4. The zero-order valence-corrected chi connectivity index (χ0v) is 20.4. The molecule has 2 aromatic carbocycles. The molecule has 1 heterocycles. The summed E-state index contributed by atoms with van der Waals surface area (Å²) in [7, 11) is 0.0447. The molecule has 1 aromatic heterocycles. The van der Waals surface area contributed by atoms with Gasteiger partial charge in [-0.05, 0) is 38.1 Å². The van der Waals surface area contributed by atoms with Gasteiger partial charge in [0.05, 0.1) is 25.2 Å². The molecule has 0 radical (unpaired) electrons. The largest absolute Gasteiger partial charge is 0.493 e. The number of benzene rings is 2. The van der Waals surface area contributed by atoms with E-state index in [0.717, 1.165) is 3.97 Å². The number of ether oxygens (including phenoxy) is 5. The van der Waals surface area contributed by atoms with Crippen molar-refractivity contribution in [2.24, 2.45) is 0 Å². The molecule has 0 N–H and O–H groups in total. The maximum atomic E-state index is 13.3. The normalized spacial score (nSPS) is 11.4. The Morgan fingerprint density at radius 1 is 0.941 bits per heavy atom. The van der Waals surface area contributed by atoms with Crippen molar-refractivity contribution in [2.75, 3.05) is 28.1 Å². The monoisotopic (exact) mass is 489 g/mol. The van der Waals surface area contributed by atoms with Crippen molar-refractivity contribution in [3.05, 3.63) is 60.4 Å². The maximum absolute atomic E-state index is 13.3. The first-order valence-corrected chi connectivity index (χ1v) is 11.8. The van der Waals surface area contributed by atoms with Gasteiger partial charge in [-0.15, -0.1) is 0 Å². The van der Waals surface area contributed by atoms with Crippen LogP contribution in [0, 0.1) is 0 Å². The molecule has 34 heavy (non-hydrogen) atoms. The quantitative estimate of drug-likeness (QED) is 0.312. The molecule has 0 aliphatic carbocycles. The highest BCUT2D eigenvalue weighted by Gasteiger charge is 2.29. The fourth-order valence-electron chi connectivity index (χ4n) is 3.33. The van der Waals surface area contributed by atoms with Crippen LogP contribution in [0.2, 0.25) is 0 Å². The first kappa shape index (κ1) is 25.1. The third-order valence-electron chi connectivity index (χ3n) is 4.78. The summed E-state index contributed by atoms with van der Waals surface area (Å²) in [6.07, 6.45) is 1.16. The lowest BCUT2D eigenvalue weighted by Gasteiger charge is -2.18. The molecule has 3 rings (SSSR count). The minimum Gasteiger partial charge on any atom is -0.493 e. The van der Waals surface area contributed by atoms with Gasteiger partial charge < -0.3 is 23.7 Å². The fourth-order valence-corrected chi connectivity index (χ4v) is 4.70. The Morgan fingerprint density at radius 2 is 1.65 bits per heavy atom. The van der Waals surface area contributed by atoms with Gasteiger partial charge in [0.2, 0.25) is 0 Å². The summed E-state index contributed by atoms with van der Waals surface area (Å²) in [5, 5.41) is 0. The highest BCUT2D eigenvalue weighted by Crippen LogP contribution is 2.42. The van der Waals surface area contributed by atoms with E-state index in [2.05, 4.69) is 0 Å². The fraction of sp³-hybridized carbons (Fsp3) is 0.292. The molecular weight excluding hydrogens is 462 g/mol. The minimum atomic E-state index is -4.09. The van der Waals surface area contributed by atoms with Crippen LogP contribution in [-0.4, -0.2) is 52.6 Å². The van der Waals surface area contributed by atoms with Gasteiger partial charge in [-0.1, -0.05) is 18.2 Å². The van der Waals surface area contributed by atoms with Crippen molar-refractivity contribution in [1.29, 1.82) is 0 Å². The summed E-state index contributed by atoms with van der Waals surface area (Å²) in [5.74, 6) is 0.267. The Bertz CT molecular complexity index is 1250. The molecule has 0 aliphatic rings. The minimum absolute atomic E-state index is 0.0245. The van der Waals surface area contributed by atoms with Crippen molar-refractivity contribution in [3.8, 4) is 28.4 Å². The Kier molecular flexibility index (Phi) is 7.85. The van der Waals surface area contributed by atoms with E-state index in [0.29, 0.717) is 22.8 Å². The summed E-state index contributed by atoms with van der Waals surface area (Å²) in [6, 6.07) is 12.5. The number of hydrogen-bond acceptors (Lipinski definition) is 8. The van der Waals surface area contributed by atoms with Crippen LogP contribution in [0.3, 0.4) is 0 Å².